The largest absolute Gasteiger partial charge is 0.391 e. The van der Waals surface area contributed by atoms with Crippen molar-refractivity contribution in [1.29, 1.82) is 0 Å². The van der Waals surface area contributed by atoms with Gasteiger partial charge in [-0.25, -0.2) is 4.98 Å². The van der Waals surface area contributed by atoms with Gasteiger partial charge in [0.05, 0.1) is 12.2 Å². The Bertz CT molecular complexity index is 1110. The van der Waals surface area contributed by atoms with Crippen molar-refractivity contribution in [2.75, 3.05) is 5.32 Å². The summed E-state index contributed by atoms with van der Waals surface area (Å²) in [7, 11) is 0. The van der Waals surface area contributed by atoms with Crippen LogP contribution in [-0.2, 0) is 6.61 Å². The molecule has 0 bridgehead atoms. The lowest BCUT2D eigenvalue weighted by Crippen LogP contribution is -2.22. The van der Waals surface area contributed by atoms with Crippen LogP contribution >= 0.6 is 0 Å². The summed E-state index contributed by atoms with van der Waals surface area (Å²) in [5.41, 5.74) is 3.28. The quantitative estimate of drug-likeness (QED) is 0.542. The molecule has 0 aliphatic rings. The molecule has 0 unspecified atom stereocenters. The number of nitrogens with one attached hydrogen (secondary N) is 2. The van der Waals surface area contributed by atoms with E-state index in [9.17, 15) is 9.90 Å². The molecule has 3 aromatic heterocycles. The molecule has 0 aliphatic heterocycles. The van der Waals surface area contributed by atoms with Gasteiger partial charge >= 0.3 is 0 Å². The van der Waals surface area contributed by atoms with Gasteiger partial charge in [0.25, 0.3) is 5.56 Å². The summed E-state index contributed by atoms with van der Waals surface area (Å²) in [6.45, 7) is 1.52. The highest BCUT2D eigenvalue weighted by Crippen LogP contribution is 2.22. The monoisotopic (exact) mass is 320 g/mol. The average Bonchev–Trinajstić information content (AvgIpc) is 3.04. The maximum atomic E-state index is 12.6. The standard InChI is InChI=1S/C18H16N4O2/c1-11-3-2-8-22-17(11)21-16(14(10-23)18(22)24)20-13-4-5-15-12(9-13)6-7-19-15/h2-9,19-20,23H,10H2,1H3. The van der Waals surface area contributed by atoms with Gasteiger partial charge in [-0.3, -0.25) is 9.20 Å². The minimum atomic E-state index is -0.378. The van der Waals surface area contributed by atoms with Crippen LogP contribution in [0.3, 0.4) is 0 Å². The SMILES string of the molecule is Cc1cccn2c(=O)c(CO)c(Nc3ccc4[nH]ccc4c3)nc12. The number of H-pyrrole nitrogens is 1. The Morgan fingerprint density at radius 2 is 2.17 bits per heavy atom. The highest BCUT2D eigenvalue weighted by atomic mass is 16.3. The van der Waals surface area contributed by atoms with E-state index in [2.05, 4.69) is 15.3 Å². The number of fused-ring (bicyclic) bond motifs is 2. The molecule has 120 valence electrons. The molecule has 0 spiro atoms. The molecule has 0 saturated carbocycles. The predicted octanol–water partition coefficient (Wildman–Crippen LogP) is 2.72. The van der Waals surface area contributed by atoms with Crippen LogP contribution in [0.2, 0.25) is 0 Å². The maximum Gasteiger partial charge on any atom is 0.265 e. The zero-order chi connectivity index (χ0) is 16.7. The van der Waals surface area contributed by atoms with Gasteiger partial charge < -0.3 is 15.4 Å². The van der Waals surface area contributed by atoms with Crippen molar-refractivity contribution < 1.29 is 5.11 Å². The Morgan fingerprint density at radius 3 is 3.00 bits per heavy atom. The first-order valence-electron chi connectivity index (χ1n) is 7.63. The van der Waals surface area contributed by atoms with E-state index >= 15 is 0 Å². The molecule has 1 aromatic carbocycles. The average molecular weight is 320 g/mol. The second-order valence-electron chi connectivity index (χ2n) is 5.69. The number of aliphatic hydroxyl groups is 1. The molecular formula is C18H16N4O2. The Kier molecular flexibility index (Phi) is 3.32. The van der Waals surface area contributed by atoms with E-state index in [1.165, 1.54) is 4.40 Å². The lowest BCUT2D eigenvalue weighted by molar-refractivity contribution is 0.280. The van der Waals surface area contributed by atoms with Gasteiger partial charge in [-0.05, 0) is 42.8 Å². The van der Waals surface area contributed by atoms with Gasteiger partial charge in [0.2, 0.25) is 0 Å². The fourth-order valence-corrected chi connectivity index (χ4v) is 2.85. The molecule has 3 heterocycles. The number of benzene rings is 1. The first-order valence-corrected chi connectivity index (χ1v) is 7.63. The number of pyridine rings is 1. The van der Waals surface area contributed by atoms with Gasteiger partial charge in [0.1, 0.15) is 11.5 Å². The molecule has 0 fully saturated rings. The summed E-state index contributed by atoms with van der Waals surface area (Å²) in [4.78, 5) is 20.3. The lowest BCUT2D eigenvalue weighted by Gasteiger charge is -2.12. The second-order valence-corrected chi connectivity index (χ2v) is 5.69. The second kappa shape index (κ2) is 5.50. The number of hydrogen-bond acceptors (Lipinski definition) is 4. The Balaban J connectivity index is 1.88. The van der Waals surface area contributed by atoms with Crippen molar-refractivity contribution in [3.8, 4) is 0 Å². The summed E-state index contributed by atoms with van der Waals surface area (Å²) in [6, 6.07) is 11.5. The minimum absolute atomic E-state index is 0.243. The number of aryl methyl sites for hydroxylation is 1. The van der Waals surface area contributed by atoms with Gasteiger partial charge in [-0.2, -0.15) is 0 Å². The Labute approximate surface area is 137 Å². The summed E-state index contributed by atoms with van der Waals surface area (Å²) in [5, 5.41) is 13.9. The van der Waals surface area contributed by atoms with E-state index in [0.29, 0.717) is 11.5 Å². The summed E-state index contributed by atoms with van der Waals surface area (Å²) >= 11 is 0. The molecule has 3 N–H and O–H groups in total. The van der Waals surface area contributed by atoms with E-state index in [1.54, 1.807) is 12.3 Å². The third kappa shape index (κ3) is 2.24. The van der Waals surface area contributed by atoms with Crippen LogP contribution in [0.1, 0.15) is 11.1 Å². The zero-order valence-corrected chi connectivity index (χ0v) is 13.1. The van der Waals surface area contributed by atoms with Crippen LogP contribution < -0.4 is 10.9 Å². The van der Waals surface area contributed by atoms with Crippen molar-refractivity contribution in [2.24, 2.45) is 0 Å². The van der Waals surface area contributed by atoms with Gasteiger partial charge in [-0.1, -0.05) is 6.07 Å². The number of aromatic amines is 1. The number of hydrogen-bond donors (Lipinski definition) is 3. The Morgan fingerprint density at radius 1 is 1.29 bits per heavy atom. The van der Waals surface area contributed by atoms with Crippen LogP contribution in [0.4, 0.5) is 11.5 Å². The van der Waals surface area contributed by atoms with Crippen molar-refractivity contribution in [1.82, 2.24) is 14.4 Å². The highest BCUT2D eigenvalue weighted by Gasteiger charge is 2.13. The first-order chi connectivity index (χ1) is 11.7. The topological polar surface area (TPSA) is 82.4 Å². The molecule has 0 saturated heterocycles. The van der Waals surface area contributed by atoms with E-state index in [4.69, 9.17) is 0 Å². The molecule has 4 aromatic rings. The van der Waals surface area contributed by atoms with Crippen molar-refractivity contribution in [3.05, 3.63) is 70.3 Å². The number of nitrogens with zero attached hydrogens (tertiary/aromatic N) is 2. The van der Waals surface area contributed by atoms with E-state index in [-0.39, 0.29) is 17.7 Å². The van der Waals surface area contributed by atoms with E-state index in [0.717, 1.165) is 22.2 Å². The van der Waals surface area contributed by atoms with E-state index in [1.807, 2.05) is 43.5 Å². The smallest absolute Gasteiger partial charge is 0.265 e. The van der Waals surface area contributed by atoms with Crippen LogP contribution in [0.5, 0.6) is 0 Å². The highest BCUT2D eigenvalue weighted by molar-refractivity contribution is 5.84. The number of rotatable bonds is 3. The Hall–Kier alpha value is -3.12. The predicted molar refractivity (Wildman–Crippen MR) is 93.7 cm³/mol. The summed E-state index contributed by atoms with van der Waals surface area (Å²) in [5.74, 6) is 0.381. The maximum absolute atomic E-state index is 12.6. The number of aromatic nitrogens is 3. The van der Waals surface area contributed by atoms with Crippen molar-refractivity contribution in [3.63, 3.8) is 0 Å². The normalized spacial score (nSPS) is 11.2. The number of aliphatic hydroxyl groups excluding tert-OH is 1. The van der Waals surface area contributed by atoms with Crippen LogP contribution in [0.25, 0.3) is 16.6 Å². The zero-order valence-electron chi connectivity index (χ0n) is 13.1. The molecule has 0 atom stereocenters. The molecule has 0 radical (unpaired) electrons. The van der Waals surface area contributed by atoms with Crippen LogP contribution in [0, 0.1) is 6.92 Å². The molecule has 0 amide bonds. The summed E-state index contributed by atoms with van der Waals surface area (Å²) < 4.78 is 1.46. The fraction of sp³-hybridized carbons (Fsp3) is 0.111. The minimum Gasteiger partial charge on any atom is -0.391 e. The van der Waals surface area contributed by atoms with Gasteiger partial charge in [0, 0.05) is 29.0 Å². The van der Waals surface area contributed by atoms with Crippen molar-refractivity contribution in [2.45, 2.75) is 13.5 Å². The third-order valence-electron chi connectivity index (χ3n) is 4.12. The lowest BCUT2D eigenvalue weighted by atomic mass is 10.2. The first kappa shape index (κ1) is 14.5. The van der Waals surface area contributed by atoms with Gasteiger partial charge in [0.15, 0.2) is 0 Å². The fourth-order valence-electron chi connectivity index (χ4n) is 2.85. The van der Waals surface area contributed by atoms with Crippen molar-refractivity contribution >= 4 is 28.1 Å². The number of anilines is 2. The van der Waals surface area contributed by atoms with Crippen LogP contribution in [0.15, 0.2) is 53.6 Å². The molecule has 24 heavy (non-hydrogen) atoms. The molecule has 0 aliphatic carbocycles. The third-order valence-corrected chi connectivity index (χ3v) is 4.12. The van der Waals surface area contributed by atoms with Crippen LogP contribution in [-0.4, -0.2) is 19.5 Å². The summed E-state index contributed by atoms with van der Waals surface area (Å²) in [6.07, 6.45) is 3.53. The molecule has 6 heteroatoms. The van der Waals surface area contributed by atoms with Gasteiger partial charge in [-0.15, -0.1) is 0 Å². The molecular weight excluding hydrogens is 304 g/mol. The molecule has 6 nitrogen and oxygen atoms in total. The molecule has 4 rings (SSSR count). The van der Waals surface area contributed by atoms with E-state index < -0.39 is 0 Å².